The minimum Gasteiger partial charge on any atom is -0.387 e. The minimum absolute atomic E-state index is 0.158. The molecule has 1 unspecified atom stereocenters. The van der Waals surface area contributed by atoms with Crippen LogP contribution in [0.2, 0.25) is 0 Å². The standard InChI is InChI=1S/C19H21FN2O2S/c1-22-9-8-13-10-14(2-7-17(13)22)18(23)11-21-19(24)12-25-16-5-3-15(20)4-6-16/h2-7,10,18,23H,8-9,11-12H2,1H3,(H,21,24). The lowest BCUT2D eigenvalue weighted by Crippen LogP contribution is -2.29. The number of nitrogens with one attached hydrogen (secondary N) is 1. The molecule has 0 aromatic heterocycles. The lowest BCUT2D eigenvalue weighted by molar-refractivity contribution is -0.119. The number of rotatable bonds is 6. The summed E-state index contributed by atoms with van der Waals surface area (Å²) >= 11 is 1.34. The molecule has 25 heavy (non-hydrogen) atoms. The molecule has 1 aliphatic rings. The van der Waals surface area contributed by atoms with Crippen LogP contribution in [0, 0.1) is 5.82 Å². The number of hydrogen-bond donors (Lipinski definition) is 2. The Bertz CT molecular complexity index is 752. The smallest absolute Gasteiger partial charge is 0.230 e. The molecule has 0 saturated carbocycles. The van der Waals surface area contributed by atoms with Gasteiger partial charge in [-0.2, -0.15) is 0 Å². The third-order valence-electron chi connectivity index (χ3n) is 4.29. The van der Waals surface area contributed by atoms with Crippen LogP contribution >= 0.6 is 11.8 Å². The predicted octanol–water partition coefficient (Wildman–Crippen LogP) is 2.76. The van der Waals surface area contributed by atoms with E-state index in [1.165, 1.54) is 35.1 Å². The molecular formula is C19H21FN2O2S. The molecule has 1 amide bonds. The highest BCUT2D eigenvalue weighted by molar-refractivity contribution is 8.00. The Balaban J connectivity index is 1.47. The number of aliphatic hydroxyl groups is 1. The third kappa shape index (κ3) is 4.52. The van der Waals surface area contributed by atoms with Crippen molar-refractivity contribution in [1.29, 1.82) is 0 Å². The van der Waals surface area contributed by atoms with Crippen LogP contribution in [0.4, 0.5) is 10.1 Å². The lowest BCUT2D eigenvalue weighted by atomic mass is 10.0. The van der Waals surface area contributed by atoms with Crippen molar-refractivity contribution >= 4 is 23.4 Å². The van der Waals surface area contributed by atoms with Crippen molar-refractivity contribution in [2.24, 2.45) is 0 Å². The summed E-state index contributed by atoms with van der Waals surface area (Å²) in [6.45, 7) is 1.17. The van der Waals surface area contributed by atoms with Crippen LogP contribution in [0.1, 0.15) is 17.2 Å². The van der Waals surface area contributed by atoms with Gasteiger partial charge in [0.05, 0.1) is 11.9 Å². The first-order valence-corrected chi connectivity index (χ1v) is 9.18. The zero-order valence-electron chi connectivity index (χ0n) is 14.0. The molecule has 1 aliphatic heterocycles. The number of likely N-dealkylation sites (N-methyl/N-ethyl adjacent to an activating group) is 1. The van der Waals surface area contributed by atoms with Crippen LogP contribution in [-0.2, 0) is 11.2 Å². The maximum Gasteiger partial charge on any atom is 0.230 e. The maximum atomic E-state index is 12.8. The number of hydrogen-bond acceptors (Lipinski definition) is 4. The van der Waals surface area contributed by atoms with Crippen LogP contribution in [0.5, 0.6) is 0 Å². The van der Waals surface area contributed by atoms with Crippen molar-refractivity contribution < 1.29 is 14.3 Å². The fourth-order valence-electron chi connectivity index (χ4n) is 2.85. The highest BCUT2D eigenvalue weighted by Crippen LogP contribution is 2.29. The number of halogens is 1. The summed E-state index contributed by atoms with van der Waals surface area (Å²) in [5.41, 5.74) is 3.26. The molecule has 0 radical (unpaired) electrons. The predicted molar refractivity (Wildman–Crippen MR) is 98.5 cm³/mol. The van der Waals surface area contributed by atoms with Gasteiger partial charge in [-0.3, -0.25) is 4.79 Å². The molecule has 1 heterocycles. The van der Waals surface area contributed by atoms with E-state index in [1.807, 2.05) is 18.2 Å². The Morgan fingerprint density at radius 1 is 1.32 bits per heavy atom. The molecule has 0 saturated heterocycles. The quantitative estimate of drug-likeness (QED) is 0.778. The van der Waals surface area contributed by atoms with Crippen LogP contribution in [-0.4, -0.2) is 36.9 Å². The number of aliphatic hydroxyl groups excluding tert-OH is 1. The second-order valence-electron chi connectivity index (χ2n) is 6.12. The molecule has 4 nitrogen and oxygen atoms in total. The van der Waals surface area contributed by atoms with Gasteiger partial charge < -0.3 is 15.3 Å². The summed E-state index contributed by atoms with van der Waals surface area (Å²) in [6.07, 6.45) is 0.253. The Hall–Kier alpha value is -2.05. The SMILES string of the molecule is CN1CCc2cc(C(O)CNC(=O)CSc3ccc(F)cc3)ccc21. The van der Waals surface area contributed by atoms with Gasteiger partial charge in [-0.1, -0.05) is 12.1 Å². The summed E-state index contributed by atoms with van der Waals surface area (Å²) in [6, 6.07) is 12.0. The molecule has 3 rings (SSSR count). The zero-order chi connectivity index (χ0) is 17.8. The topological polar surface area (TPSA) is 52.6 Å². The minimum atomic E-state index is -0.726. The third-order valence-corrected chi connectivity index (χ3v) is 5.30. The number of carbonyl (C=O) groups is 1. The molecular weight excluding hydrogens is 339 g/mol. The van der Waals surface area contributed by atoms with Crippen LogP contribution in [0.3, 0.4) is 0 Å². The Morgan fingerprint density at radius 3 is 2.84 bits per heavy atom. The average molecular weight is 360 g/mol. The molecule has 0 aliphatic carbocycles. The van der Waals surface area contributed by atoms with Crippen molar-refractivity contribution in [2.75, 3.05) is 30.8 Å². The van der Waals surface area contributed by atoms with Gasteiger partial charge in [0, 0.05) is 30.7 Å². The second kappa shape index (κ2) is 7.89. The van der Waals surface area contributed by atoms with E-state index >= 15 is 0 Å². The van der Waals surface area contributed by atoms with Crippen LogP contribution in [0.25, 0.3) is 0 Å². The average Bonchev–Trinajstić information content (AvgIpc) is 2.99. The summed E-state index contributed by atoms with van der Waals surface area (Å²) in [4.78, 5) is 15.0. The number of fused-ring (bicyclic) bond motifs is 1. The van der Waals surface area contributed by atoms with Gasteiger partial charge >= 0.3 is 0 Å². The van der Waals surface area contributed by atoms with Crippen molar-refractivity contribution in [3.63, 3.8) is 0 Å². The van der Waals surface area contributed by atoms with Crippen molar-refractivity contribution in [3.05, 3.63) is 59.4 Å². The first kappa shape index (κ1) is 17.8. The van der Waals surface area contributed by atoms with Crippen molar-refractivity contribution in [3.8, 4) is 0 Å². The number of amides is 1. The highest BCUT2D eigenvalue weighted by Gasteiger charge is 2.18. The molecule has 0 bridgehead atoms. The first-order chi connectivity index (χ1) is 12.0. The Kier molecular flexibility index (Phi) is 5.60. The molecule has 6 heteroatoms. The summed E-state index contributed by atoms with van der Waals surface area (Å²) < 4.78 is 12.8. The molecule has 2 N–H and O–H groups in total. The van der Waals surface area contributed by atoms with Gasteiger partial charge in [0.2, 0.25) is 5.91 Å². The number of carbonyl (C=O) groups excluding carboxylic acids is 1. The van der Waals surface area contributed by atoms with E-state index in [-0.39, 0.29) is 24.0 Å². The van der Waals surface area contributed by atoms with Crippen LogP contribution < -0.4 is 10.2 Å². The second-order valence-corrected chi connectivity index (χ2v) is 7.17. The van der Waals surface area contributed by atoms with E-state index in [9.17, 15) is 14.3 Å². The maximum absolute atomic E-state index is 12.8. The van der Waals surface area contributed by atoms with Gasteiger partial charge in [0.25, 0.3) is 0 Å². The van der Waals surface area contributed by atoms with Gasteiger partial charge in [-0.15, -0.1) is 11.8 Å². The Labute approximate surface area is 151 Å². The molecule has 132 valence electrons. The molecule has 2 aromatic carbocycles. The molecule has 0 fully saturated rings. The molecule has 1 atom stereocenters. The number of benzene rings is 2. The fourth-order valence-corrected chi connectivity index (χ4v) is 3.58. The van der Waals surface area contributed by atoms with Gasteiger partial charge in [-0.25, -0.2) is 4.39 Å². The van der Waals surface area contributed by atoms with E-state index in [0.29, 0.717) is 0 Å². The summed E-state index contributed by atoms with van der Waals surface area (Å²) in [5, 5.41) is 13.1. The zero-order valence-corrected chi connectivity index (χ0v) is 14.9. The summed E-state index contributed by atoms with van der Waals surface area (Å²) in [5.74, 6) is -0.223. The largest absolute Gasteiger partial charge is 0.387 e. The summed E-state index contributed by atoms with van der Waals surface area (Å²) in [7, 11) is 2.06. The number of thioether (sulfide) groups is 1. The van der Waals surface area contributed by atoms with Crippen molar-refractivity contribution in [1.82, 2.24) is 5.32 Å². The van der Waals surface area contributed by atoms with E-state index in [0.717, 1.165) is 23.4 Å². The van der Waals surface area contributed by atoms with E-state index < -0.39 is 6.10 Å². The van der Waals surface area contributed by atoms with E-state index in [2.05, 4.69) is 17.3 Å². The fraction of sp³-hybridized carbons (Fsp3) is 0.316. The molecule has 2 aromatic rings. The van der Waals surface area contributed by atoms with E-state index in [1.54, 1.807) is 12.1 Å². The normalized spacial score (nSPS) is 14.3. The number of nitrogens with zero attached hydrogens (tertiary/aromatic N) is 1. The van der Waals surface area contributed by atoms with Crippen molar-refractivity contribution in [2.45, 2.75) is 17.4 Å². The van der Waals surface area contributed by atoms with Gasteiger partial charge in [0.15, 0.2) is 0 Å². The van der Waals surface area contributed by atoms with Crippen LogP contribution in [0.15, 0.2) is 47.4 Å². The number of anilines is 1. The van der Waals surface area contributed by atoms with Gasteiger partial charge in [-0.05, 0) is 47.9 Å². The Morgan fingerprint density at radius 2 is 2.08 bits per heavy atom. The highest BCUT2D eigenvalue weighted by atomic mass is 32.2. The van der Waals surface area contributed by atoms with Gasteiger partial charge in [0.1, 0.15) is 5.82 Å². The molecule has 0 spiro atoms. The first-order valence-electron chi connectivity index (χ1n) is 8.20. The lowest BCUT2D eigenvalue weighted by Gasteiger charge is -2.15. The van der Waals surface area contributed by atoms with E-state index in [4.69, 9.17) is 0 Å². The monoisotopic (exact) mass is 360 g/mol.